The molecule has 1 fully saturated rings. The van der Waals surface area contributed by atoms with Crippen molar-refractivity contribution in [2.75, 3.05) is 18.4 Å². The molecule has 3 rings (SSSR count). The number of rotatable bonds is 5. The van der Waals surface area contributed by atoms with Gasteiger partial charge in [-0.2, -0.15) is 4.31 Å². The number of amides is 1. The molecule has 28 heavy (non-hydrogen) atoms. The molecule has 8 nitrogen and oxygen atoms in total. The van der Waals surface area contributed by atoms with Crippen LogP contribution in [0.25, 0.3) is 0 Å². The van der Waals surface area contributed by atoms with Crippen LogP contribution in [-0.2, 0) is 24.8 Å². The fraction of sp³-hybridized carbons (Fsp3) is 0.278. The zero-order valence-corrected chi connectivity index (χ0v) is 16.6. The predicted molar refractivity (Wildman–Crippen MR) is 104 cm³/mol. The Morgan fingerprint density at radius 2 is 1.61 bits per heavy atom. The summed E-state index contributed by atoms with van der Waals surface area (Å²) in [6.45, 7) is 0.461. The lowest BCUT2D eigenvalue weighted by Gasteiger charge is -2.31. The Morgan fingerprint density at radius 3 is 2.21 bits per heavy atom. The van der Waals surface area contributed by atoms with Crippen LogP contribution in [0.2, 0.25) is 0 Å². The lowest BCUT2D eigenvalue weighted by molar-refractivity contribution is -0.120. The van der Waals surface area contributed by atoms with Crippen LogP contribution in [0.15, 0.2) is 64.4 Å². The third-order valence-electron chi connectivity index (χ3n) is 4.59. The third-order valence-corrected chi connectivity index (χ3v) is 7.39. The van der Waals surface area contributed by atoms with Gasteiger partial charge in [0.25, 0.3) is 0 Å². The van der Waals surface area contributed by atoms with Crippen LogP contribution in [0.5, 0.6) is 0 Å². The maximum atomic E-state index is 12.8. The van der Waals surface area contributed by atoms with E-state index in [4.69, 9.17) is 5.14 Å². The molecule has 150 valence electrons. The number of piperidine rings is 1. The van der Waals surface area contributed by atoms with Crippen LogP contribution >= 0.6 is 0 Å². The lowest BCUT2D eigenvalue weighted by atomic mass is 9.99. The molecule has 1 unspecified atom stereocenters. The predicted octanol–water partition coefficient (Wildman–Crippen LogP) is 1.37. The highest BCUT2D eigenvalue weighted by Crippen LogP contribution is 2.25. The smallest absolute Gasteiger partial charge is 0.243 e. The van der Waals surface area contributed by atoms with E-state index in [-0.39, 0.29) is 22.2 Å². The van der Waals surface area contributed by atoms with Crippen molar-refractivity contribution in [2.24, 2.45) is 11.1 Å². The van der Waals surface area contributed by atoms with Gasteiger partial charge in [-0.3, -0.25) is 4.79 Å². The number of nitrogens with zero attached hydrogens (tertiary/aromatic N) is 1. The van der Waals surface area contributed by atoms with E-state index in [9.17, 15) is 21.6 Å². The summed E-state index contributed by atoms with van der Waals surface area (Å²) < 4.78 is 49.5. The number of carbonyl (C=O) groups is 1. The highest BCUT2D eigenvalue weighted by atomic mass is 32.2. The number of benzene rings is 2. The first-order chi connectivity index (χ1) is 13.2. The molecule has 0 aliphatic carbocycles. The van der Waals surface area contributed by atoms with Gasteiger partial charge in [-0.25, -0.2) is 22.0 Å². The maximum Gasteiger partial charge on any atom is 0.243 e. The van der Waals surface area contributed by atoms with Gasteiger partial charge in [-0.15, -0.1) is 0 Å². The summed E-state index contributed by atoms with van der Waals surface area (Å²) in [4.78, 5) is 12.7. The van der Waals surface area contributed by atoms with Crippen molar-refractivity contribution in [3.05, 3.63) is 54.6 Å². The minimum Gasteiger partial charge on any atom is -0.326 e. The number of sulfonamides is 2. The van der Waals surface area contributed by atoms with Crippen molar-refractivity contribution < 1.29 is 21.6 Å². The first-order valence-electron chi connectivity index (χ1n) is 8.67. The summed E-state index contributed by atoms with van der Waals surface area (Å²) in [7, 11) is -7.46. The summed E-state index contributed by atoms with van der Waals surface area (Å²) >= 11 is 0. The minimum absolute atomic E-state index is 0.0525. The Kier molecular flexibility index (Phi) is 5.84. The molecule has 0 bridgehead atoms. The molecule has 0 spiro atoms. The summed E-state index contributed by atoms with van der Waals surface area (Å²) in [5.41, 5.74) is 0.417. The Hall–Kier alpha value is -2.27. The van der Waals surface area contributed by atoms with Crippen molar-refractivity contribution in [3.63, 3.8) is 0 Å². The van der Waals surface area contributed by atoms with Crippen molar-refractivity contribution in [1.29, 1.82) is 0 Å². The first kappa shape index (κ1) is 20.5. The molecular formula is C18H21N3O5S2. The van der Waals surface area contributed by atoms with E-state index >= 15 is 0 Å². The van der Waals surface area contributed by atoms with E-state index in [0.29, 0.717) is 25.1 Å². The van der Waals surface area contributed by atoms with Crippen molar-refractivity contribution >= 4 is 31.6 Å². The van der Waals surface area contributed by atoms with Crippen LogP contribution in [0.3, 0.4) is 0 Å². The number of primary sulfonamides is 1. The zero-order valence-electron chi connectivity index (χ0n) is 15.0. The molecule has 2 aromatic rings. The van der Waals surface area contributed by atoms with Gasteiger partial charge < -0.3 is 5.32 Å². The van der Waals surface area contributed by atoms with E-state index in [1.54, 1.807) is 18.2 Å². The highest BCUT2D eigenvalue weighted by molar-refractivity contribution is 7.89. The third kappa shape index (κ3) is 4.58. The van der Waals surface area contributed by atoms with E-state index in [1.807, 2.05) is 0 Å². The van der Waals surface area contributed by atoms with Gasteiger partial charge in [-0.1, -0.05) is 18.2 Å². The van der Waals surface area contributed by atoms with Crippen LogP contribution < -0.4 is 10.5 Å². The lowest BCUT2D eigenvalue weighted by Crippen LogP contribution is -2.43. The van der Waals surface area contributed by atoms with E-state index in [2.05, 4.69) is 5.32 Å². The molecular weight excluding hydrogens is 402 g/mol. The van der Waals surface area contributed by atoms with Crippen LogP contribution in [0.4, 0.5) is 5.69 Å². The Labute approximate surface area is 164 Å². The van der Waals surface area contributed by atoms with Gasteiger partial charge in [0.1, 0.15) is 0 Å². The Morgan fingerprint density at radius 1 is 0.964 bits per heavy atom. The van der Waals surface area contributed by atoms with Gasteiger partial charge in [-0.05, 0) is 49.2 Å². The number of nitrogens with one attached hydrogen (secondary N) is 1. The monoisotopic (exact) mass is 423 g/mol. The molecule has 3 N–H and O–H groups in total. The standard InChI is InChI=1S/C18H21N3O5S2/c19-27(23,24)16-10-8-15(9-11-16)20-18(22)14-5-4-12-21(13-14)28(25,26)17-6-2-1-3-7-17/h1-3,6-11,14H,4-5,12-13H2,(H,20,22)(H2,19,23,24). The maximum absolute atomic E-state index is 12.8. The number of nitrogens with two attached hydrogens (primary N) is 1. The number of carbonyl (C=O) groups excluding carboxylic acids is 1. The van der Waals surface area contributed by atoms with E-state index < -0.39 is 26.0 Å². The second-order valence-corrected chi connectivity index (χ2v) is 10.1. The topological polar surface area (TPSA) is 127 Å². The molecule has 1 amide bonds. The quantitative estimate of drug-likeness (QED) is 0.751. The average Bonchev–Trinajstić information content (AvgIpc) is 2.68. The molecule has 0 radical (unpaired) electrons. The van der Waals surface area contributed by atoms with Crippen molar-refractivity contribution in [1.82, 2.24) is 4.31 Å². The average molecular weight is 424 g/mol. The van der Waals surface area contributed by atoms with Gasteiger partial charge in [0, 0.05) is 18.8 Å². The SMILES string of the molecule is NS(=O)(=O)c1ccc(NC(=O)C2CCCN(S(=O)(=O)c3ccccc3)C2)cc1. The van der Waals surface area contributed by atoms with Crippen LogP contribution in [0.1, 0.15) is 12.8 Å². The van der Waals surface area contributed by atoms with Crippen LogP contribution in [0, 0.1) is 5.92 Å². The normalized spacial score (nSPS) is 18.5. The molecule has 0 saturated carbocycles. The highest BCUT2D eigenvalue weighted by Gasteiger charge is 2.33. The van der Waals surface area contributed by atoms with Gasteiger partial charge in [0.2, 0.25) is 26.0 Å². The summed E-state index contributed by atoms with van der Waals surface area (Å²) in [5, 5.41) is 7.76. The minimum atomic E-state index is -3.80. The van der Waals surface area contributed by atoms with Gasteiger partial charge in [0.15, 0.2) is 0 Å². The largest absolute Gasteiger partial charge is 0.326 e. The summed E-state index contributed by atoms with van der Waals surface area (Å²) in [6.07, 6.45) is 1.15. The number of anilines is 1. The first-order valence-corrected chi connectivity index (χ1v) is 11.7. The second-order valence-electron chi connectivity index (χ2n) is 6.57. The molecule has 0 aromatic heterocycles. The molecule has 10 heteroatoms. The van der Waals surface area contributed by atoms with E-state index in [1.165, 1.54) is 40.7 Å². The van der Waals surface area contributed by atoms with Crippen molar-refractivity contribution in [2.45, 2.75) is 22.6 Å². The Bertz CT molecular complexity index is 1050. The van der Waals surface area contributed by atoms with Gasteiger partial charge in [0.05, 0.1) is 15.7 Å². The van der Waals surface area contributed by atoms with E-state index in [0.717, 1.165) is 0 Å². The van der Waals surface area contributed by atoms with Crippen LogP contribution in [-0.4, -0.2) is 40.1 Å². The zero-order chi connectivity index (χ0) is 20.4. The fourth-order valence-corrected chi connectivity index (χ4v) is 5.15. The molecule has 1 aliphatic rings. The Balaban J connectivity index is 1.69. The van der Waals surface area contributed by atoms with Gasteiger partial charge >= 0.3 is 0 Å². The second kappa shape index (κ2) is 8.00. The molecule has 1 saturated heterocycles. The number of hydrogen-bond acceptors (Lipinski definition) is 5. The van der Waals surface area contributed by atoms with Crippen molar-refractivity contribution in [3.8, 4) is 0 Å². The molecule has 2 aromatic carbocycles. The molecule has 1 aliphatic heterocycles. The fourth-order valence-electron chi connectivity index (χ4n) is 3.09. The summed E-state index contributed by atoms with van der Waals surface area (Å²) in [5.74, 6) is -0.804. The number of hydrogen-bond donors (Lipinski definition) is 2. The molecule has 1 heterocycles. The summed E-state index contributed by atoms with van der Waals surface area (Å²) in [6, 6.07) is 13.6. The molecule has 1 atom stereocenters.